The number of alkyl carbamates (subject to hydrolysis) is 1. The molecule has 34 heavy (non-hydrogen) atoms. The molecule has 182 valence electrons. The highest BCUT2D eigenvalue weighted by Gasteiger charge is 2.29. The lowest BCUT2D eigenvalue weighted by molar-refractivity contribution is -0.146. The van der Waals surface area contributed by atoms with Crippen LogP contribution in [0, 0.1) is 5.92 Å². The molecular weight excluding hydrogens is 432 g/mol. The van der Waals surface area contributed by atoms with Gasteiger partial charge in [0.25, 0.3) is 0 Å². The minimum absolute atomic E-state index is 0.0122. The predicted octanol–water partition coefficient (Wildman–Crippen LogP) is 4.65. The molecule has 3 rings (SSSR count). The maximum absolute atomic E-state index is 12.7. The van der Waals surface area contributed by atoms with Crippen molar-refractivity contribution in [3.8, 4) is 11.1 Å². The van der Waals surface area contributed by atoms with Crippen LogP contribution in [0.15, 0.2) is 48.5 Å². The van der Waals surface area contributed by atoms with Crippen molar-refractivity contribution in [2.45, 2.75) is 52.0 Å². The van der Waals surface area contributed by atoms with E-state index in [-0.39, 0.29) is 43.4 Å². The van der Waals surface area contributed by atoms with Gasteiger partial charge in [0.15, 0.2) is 0 Å². The lowest BCUT2D eigenvalue weighted by atomic mass is 9.98. The Morgan fingerprint density at radius 2 is 1.59 bits per heavy atom. The molecule has 0 bridgehead atoms. The Balaban J connectivity index is 1.54. The predicted molar refractivity (Wildman–Crippen MR) is 131 cm³/mol. The second-order valence-electron chi connectivity index (χ2n) is 8.86. The number of rotatable bonds is 11. The average Bonchev–Trinajstić information content (AvgIpc) is 3.16. The minimum Gasteiger partial charge on any atom is -0.480 e. The quantitative estimate of drug-likeness (QED) is 0.502. The number of nitrogens with one attached hydrogen (secondary N) is 1. The van der Waals surface area contributed by atoms with E-state index in [1.54, 1.807) is 0 Å². The van der Waals surface area contributed by atoms with Crippen LogP contribution in [-0.4, -0.2) is 53.7 Å². The van der Waals surface area contributed by atoms with Gasteiger partial charge in [-0.3, -0.25) is 9.59 Å². The second kappa shape index (κ2) is 11.7. The standard InChI is InChI=1S/C27H34N2O5/c1-4-18(3)29(16-26(31)32)25(30)14-19(5-2)15-28-27(33)34-17-24-22-12-8-6-10-20(22)21-11-7-9-13-23(21)24/h6-13,18-19,24H,4-5,14-17H2,1-3H3,(H,28,33)(H,31,32). The van der Waals surface area contributed by atoms with Crippen molar-refractivity contribution < 1.29 is 24.2 Å². The van der Waals surface area contributed by atoms with Crippen molar-refractivity contribution in [3.63, 3.8) is 0 Å². The van der Waals surface area contributed by atoms with E-state index in [4.69, 9.17) is 9.84 Å². The smallest absolute Gasteiger partial charge is 0.407 e. The molecule has 0 heterocycles. The monoisotopic (exact) mass is 466 g/mol. The Hall–Kier alpha value is -3.35. The summed E-state index contributed by atoms with van der Waals surface area (Å²) in [4.78, 5) is 37.8. The maximum atomic E-state index is 12.7. The van der Waals surface area contributed by atoms with Crippen LogP contribution in [0.5, 0.6) is 0 Å². The molecule has 0 fully saturated rings. The molecule has 0 aromatic heterocycles. The lowest BCUT2D eigenvalue weighted by Crippen LogP contribution is -2.43. The molecular formula is C27H34N2O5. The number of fused-ring (bicyclic) bond motifs is 3. The van der Waals surface area contributed by atoms with Crippen molar-refractivity contribution in [3.05, 3.63) is 59.7 Å². The van der Waals surface area contributed by atoms with E-state index in [9.17, 15) is 14.4 Å². The summed E-state index contributed by atoms with van der Waals surface area (Å²) in [6.45, 7) is 5.92. The normalized spacial score (nSPS) is 14.0. The van der Waals surface area contributed by atoms with Gasteiger partial charge in [-0.25, -0.2) is 4.79 Å². The molecule has 1 aliphatic carbocycles. The Kier molecular flexibility index (Phi) is 8.68. The van der Waals surface area contributed by atoms with Gasteiger partial charge in [0.2, 0.25) is 5.91 Å². The largest absolute Gasteiger partial charge is 0.480 e. The zero-order valence-corrected chi connectivity index (χ0v) is 20.1. The van der Waals surface area contributed by atoms with Crippen LogP contribution in [0.1, 0.15) is 57.1 Å². The van der Waals surface area contributed by atoms with Gasteiger partial charge in [0, 0.05) is 24.9 Å². The fraction of sp³-hybridized carbons (Fsp3) is 0.444. The number of carboxylic acid groups (broad SMARTS) is 1. The highest BCUT2D eigenvalue weighted by Crippen LogP contribution is 2.44. The molecule has 2 aromatic carbocycles. The van der Waals surface area contributed by atoms with E-state index in [0.717, 1.165) is 11.1 Å². The average molecular weight is 467 g/mol. The molecule has 7 nitrogen and oxygen atoms in total. The van der Waals surface area contributed by atoms with Gasteiger partial charge >= 0.3 is 12.1 Å². The van der Waals surface area contributed by atoms with Crippen molar-refractivity contribution in [2.24, 2.45) is 5.92 Å². The highest BCUT2D eigenvalue weighted by atomic mass is 16.5. The van der Waals surface area contributed by atoms with Gasteiger partial charge in [0.05, 0.1) is 0 Å². The summed E-state index contributed by atoms with van der Waals surface area (Å²) in [5.74, 6) is -1.36. The molecule has 2 atom stereocenters. The van der Waals surface area contributed by atoms with E-state index in [1.807, 2.05) is 45.0 Å². The zero-order chi connectivity index (χ0) is 24.7. The van der Waals surface area contributed by atoms with Crippen LogP contribution in [0.2, 0.25) is 0 Å². The van der Waals surface area contributed by atoms with E-state index in [1.165, 1.54) is 16.0 Å². The first-order valence-electron chi connectivity index (χ1n) is 12.0. The van der Waals surface area contributed by atoms with Gasteiger partial charge in [0.1, 0.15) is 13.2 Å². The molecule has 0 saturated carbocycles. The third-order valence-corrected chi connectivity index (χ3v) is 6.67. The summed E-state index contributed by atoms with van der Waals surface area (Å²) in [5.41, 5.74) is 4.64. The summed E-state index contributed by atoms with van der Waals surface area (Å²) in [7, 11) is 0. The first kappa shape index (κ1) is 25.3. The number of carboxylic acids is 1. The van der Waals surface area contributed by atoms with Gasteiger partial charge < -0.3 is 20.1 Å². The number of carbonyl (C=O) groups is 3. The molecule has 2 unspecified atom stereocenters. The Morgan fingerprint density at radius 3 is 2.12 bits per heavy atom. The van der Waals surface area contributed by atoms with Gasteiger partial charge in [-0.2, -0.15) is 0 Å². The molecule has 7 heteroatoms. The van der Waals surface area contributed by atoms with Gasteiger partial charge in [-0.1, -0.05) is 68.8 Å². The van der Waals surface area contributed by atoms with Gasteiger partial charge in [-0.15, -0.1) is 0 Å². The third-order valence-electron chi connectivity index (χ3n) is 6.67. The van der Waals surface area contributed by atoms with Gasteiger partial charge in [-0.05, 0) is 41.5 Å². The molecule has 2 aromatic rings. The summed E-state index contributed by atoms with van der Waals surface area (Å²) >= 11 is 0. The molecule has 2 N–H and O–H groups in total. The van der Waals surface area contributed by atoms with Crippen molar-refractivity contribution in [1.82, 2.24) is 10.2 Å². The van der Waals surface area contributed by atoms with Crippen LogP contribution in [0.25, 0.3) is 11.1 Å². The van der Waals surface area contributed by atoms with Crippen LogP contribution >= 0.6 is 0 Å². The Morgan fingerprint density at radius 1 is 1.00 bits per heavy atom. The molecule has 0 aliphatic heterocycles. The third kappa shape index (κ3) is 5.95. The molecule has 0 radical (unpaired) electrons. The van der Waals surface area contributed by atoms with Crippen LogP contribution in [0.4, 0.5) is 4.79 Å². The number of benzene rings is 2. The second-order valence-corrected chi connectivity index (χ2v) is 8.86. The number of amides is 2. The summed E-state index contributed by atoms with van der Waals surface area (Å²) in [5, 5.41) is 11.9. The Labute approximate surface area is 201 Å². The van der Waals surface area contributed by atoms with Crippen LogP contribution in [0.3, 0.4) is 0 Å². The first-order valence-corrected chi connectivity index (χ1v) is 12.0. The lowest BCUT2D eigenvalue weighted by Gasteiger charge is -2.28. The topological polar surface area (TPSA) is 95.9 Å². The van der Waals surface area contributed by atoms with E-state index in [2.05, 4.69) is 29.6 Å². The maximum Gasteiger partial charge on any atom is 0.407 e. The molecule has 0 spiro atoms. The zero-order valence-electron chi connectivity index (χ0n) is 20.1. The molecule has 1 aliphatic rings. The molecule has 0 saturated heterocycles. The van der Waals surface area contributed by atoms with E-state index < -0.39 is 12.1 Å². The summed E-state index contributed by atoms with van der Waals surface area (Å²) in [6.07, 6.45) is 1.01. The number of nitrogens with zero attached hydrogens (tertiary/aromatic N) is 1. The minimum atomic E-state index is -1.03. The van der Waals surface area contributed by atoms with E-state index in [0.29, 0.717) is 19.4 Å². The molecule has 2 amide bonds. The van der Waals surface area contributed by atoms with Crippen molar-refractivity contribution in [2.75, 3.05) is 19.7 Å². The summed E-state index contributed by atoms with van der Waals surface area (Å²) in [6, 6.07) is 16.2. The number of hydrogen-bond acceptors (Lipinski definition) is 4. The number of ether oxygens (including phenoxy) is 1. The van der Waals surface area contributed by atoms with E-state index >= 15 is 0 Å². The Bertz CT molecular complexity index is 976. The summed E-state index contributed by atoms with van der Waals surface area (Å²) < 4.78 is 5.57. The number of hydrogen-bond donors (Lipinski definition) is 2. The van der Waals surface area contributed by atoms with Crippen LogP contribution in [-0.2, 0) is 14.3 Å². The fourth-order valence-electron chi connectivity index (χ4n) is 4.46. The number of aliphatic carboxylic acids is 1. The first-order chi connectivity index (χ1) is 16.3. The van der Waals surface area contributed by atoms with Crippen molar-refractivity contribution in [1.29, 1.82) is 0 Å². The number of carbonyl (C=O) groups excluding carboxylic acids is 2. The van der Waals surface area contributed by atoms with Crippen molar-refractivity contribution >= 4 is 18.0 Å². The fourth-order valence-corrected chi connectivity index (χ4v) is 4.46. The highest BCUT2D eigenvalue weighted by molar-refractivity contribution is 5.82. The SMILES string of the molecule is CCC(CNC(=O)OCC1c2ccccc2-c2ccccc21)CC(=O)N(CC(=O)O)C(C)CC. The van der Waals surface area contributed by atoms with Crippen LogP contribution < -0.4 is 5.32 Å².